The lowest BCUT2D eigenvalue weighted by Gasteiger charge is -2.21. The molecule has 0 aliphatic rings. The number of nitrogens with one attached hydrogen (secondary N) is 1. The Morgan fingerprint density at radius 1 is 1.18 bits per heavy atom. The smallest absolute Gasteiger partial charge is 0.0322 e. The number of rotatable bonds is 6. The van der Waals surface area contributed by atoms with E-state index >= 15 is 0 Å². The fourth-order valence-corrected chi connectivity index (χ4v) is 2.66. The summed E-state index contributed by atoms with van der Waals surface area (Å²) >= 11 is 3.60. The number of hydrogen-bond donors (Lipinski definition) is 1. The number of halogens is 1. The molecule has 0 radical (unpaired) electrons. The van der Waals surface area contributed by atoms with Crippen LogP contribution >= 0.6 is 15.9 Å². The van der Waals surface area contributed by atoms with Crippen LogP contribution in [0.1, 0.15) is 55.8 Å². The number of aryl methyl sites for hydroxylation is 2. The van der Waals surface area contributed by atoms with Gasteiger partial charge in [-0.2, -0.15) is 0 Å². The molecule has 1 rings (SSSR count). The van der Waals surface area contributed by atoms with Gasteiger partial charge in [0.15, 0.2) is 0 Å². The second kappa shape index (κ2) is 7.17. The molecule has 0 aromatic heterocycles. The minimum absolute atomic E-state index is 0.506. The van der Waals surface area contributed by atoms with E-state index in [1.54, 1.807) is 0 Å². The second-order valence-electron chi connectivity index (χ2n) is 4.71. The predicted molar refractivity (Wildman–Crippen MR) is 79.6 cm³/mol. The van der Waals surface area contributed by atoms with Gasteiger partial charge >= 0.3 is 0 Å². The molecule has 1 aromatic rings. The van der Waals surface area contributed by atoms with Crippen LogP contribution in [0.3, 0.4) is 0 Å². The standard InChI is InChI=1S/C15H24BrN/c1-5-7-8-15(17-6-2)13-9-12(4)14(16)10-11(13)3/h9-10,15,17H,5-8H2,1-4H3. The van der Waals surface area contributed by atoms with Crippen molar-refractivity contribution in [3.05, 3.63) is 33.3 Å². The Morgan fingerprint density at radius 2 is 1.88 bits per heavy atom. The fourth-order valence-electron chi connectivity index (χ4n) is 2.20. The van der Waals surface area contributed by atoms with E-state index in [-0.39, 0.29) is 0 Å². The molecule has 0 aliphatic heterocycles. The van der Waals surface area contributed by atoms with Gasteiger partial charge in [0.2, 0.25) is 0 Å². The van der Waals surface area contributed by atoms with Gasteiger partial charge in [-0.05, 0) is 49.6 Å². The first-order valence-corrected chi connectivity index (χ1v) is 7.39. The third-order valence-electron chi connectivity index (χ3n) is 3.22. The van der Waals surface area contributed by atoms with Gasteiger partial charge in [0.05, 0.1) is 0 Å². The number of unbranched alkanes of at least 4 members (excludes halogenated alkanes) is 1. The fraction of sp³-hybridized carbons (Fsp3) is 0.600. The van der Waals surface area contributed by atoms with Gasteiger partial charge in [0.1, 0.15) is 0 Å². The summed E-state index contributed by atoms with van der Waals surface area (Å²) in [5, 5.41) is 3.61. The molecule has 0 bridgehead atoms. The highest BCUT2D eigenvalue weighted by atomic mass is 79.9. The maximum absolute atomic E-state index is 3.61. The SMILES string of the molecule is CCCCC(NCC)c1cc(C)c(Br)cc1C. The van der Waals surface area contributed by atoms with Crippen LogP contribution in [0.25, 0.3) is 0 Å². The van der Waals surface area contributed by atoms with Crippen LogP contribution in [-0.2, 0) is 0 Å². The monoisotopic (exact) mass is 297 g/mol. The lowest BCUT2D eigenvalue weighted by atomic mass is 9.95. The molecule has 2 heteroatoms. The summed E-state index contributed by atoms with van der Waals surface area (Å²) in [5.74, 6) is 0. The lowest BCUT2D eigenvalue weighted by molar-refractivity contribution is 0.492. The van der Waals surface area contributed by atoms with Crippen LogP contribution < -0.4 is 5.32 Å². The summed E-state index contributed by atoms with van der Waals surface area (Å²) in [5.41, 5.74) is 4.16. The summed E-state index contributed by atoms with van der Waals surface area (Å²) in [4.78, 5) is 0. The molecule has 0 saturated heterocycles. The maximum atomic E-state index is 3.61. The van der Waals surface area contributed by atoms with Crippen molar-refractivity contribution in [3.63, 3.8) is 0 Å². The highest BCUT2D eigenvalue weighted by Crippen LogP contribution is 2.28. The molecule has 0 saturated carbocycles. The second-order valence-corrected chi connectivity index (χ2v) is 5.56. The van der Waals surface area contributed by atoms with Crippen molar-refractivity contribution in [2.75, 3.05) is 6.54 Å². The highest BCUT2D eigenvalue weighted by Gasteiger charge is 2.13. The van der Waals surface area contributed by atoms with E-state index in [9.17, 15) is 0 Å². The van der Waals surface area contributed by atoms with Crippen LogP contribution in [0.15, 0.2) is 16.6 Å². The van der Waals surface area contributed by atoms with Gasteiger partial charge in [0.25, 0.3) is 0 Å². The van der Waals surface area contributed by atoms with Crippen LogP contribution in [0.5, 0.6) is 0 Å². The first-order valence-electron chi connectivity index (χ1n) is 6.60. The quantitative estimate of drug-likeness (QED) is 0.787. The van der Waals surface area contributed by atoms with Crippen molar-refractivity contribution >= 4 is 15.9 Å². The predicted octanol–water partition coefficient (Wildman–Crippen LogP) is 4.91. The Hall–Kier alpha value is -0.340. The van der Waals surface area contributed by atoms with Gasteiger partial charge in [-0.3, -0.25) is 0 Å². The summed E-state index contributed by atoms with van der Waals surface area (Å²) in [6.07, 6.45) is 3.77. The van der Waals surface area contributed by atoms with Crippen molar-refractivity contribution in [1.82, 2.24) is 5.32 Å². The van der Waals surface area contributed by atoms with E-state index in [0.717, 1.165) is 6.54 Å². The van der Waals surface area contributed by atoms with E-state index in [1.807, 2.05) is 0 Å². The van der Waals surface area contributed by atoms with Crippen molar-refractivity contribution in [2.45, 2.75) is 53.0 Å². The molecular formula is C15H24BrN. The molecular weight excluding hydrogens is 274 g/mol. The number of hydrogen-bond acceptors (Lipinski definition) is 1. The molecule has 0 amide bonds. The highest BCUT2D eigenvalue weighted by molar-refractivity contribution is 9.10. The first kappa shape index (κ1) is 14.7. The Kier molecular flexibility index (Phi) is 6.21. The third-order valence-corrected chi connectivity index (χ3v) is 4.07. The Morgan fingerprint density at radius 3 is 2.47 bits per heavy atom. The lowest BCUT2D eigenvalue weighted by Crippen LogP contribution is -2.21. The molecule has 0 spiro atoms. The molecule has 0 heterocycles. The molecule has 1 aromatic carbocycles. The van der Waals surface area contributed by atoms with Crippen molar-refractivity contribution in [1.29, 1.82) is 0 Å². The number of benzene rings is 1. The molecule has 1 unspecified atom stereocenters. The summed E-state index contributed by atoms with van der Waals surface area (Å²) in [6, 6.07) is 5.07. The van der Waals surface area contributed by atoms with E-state index in [2.05, 4.69) is 61.1 Å². The Balaban J connectivity index is 2.96. The zero-order valence-electron chi connectivity index (χ0n) is 11.4. The first-order chi connectivity index (χ1) is 8.10. The zero-order valence-corrected chi connectivity index (χ0v) is 13.0. The van der Waals surface area contributed by atoms with Gasteiger partial charge < -0.3 is 5.32 Å². The third kappa shape index (κ3) is 4.11. The van der Waals surface area contributed by atoms with Crippen molar-refractivity contribution < 1.29 is 0 Å². The van der Waals surface area contributed by atoms with E-state index in [4.69, 9.17) is 0 Å². The normalized spacial score (nSPS) is 12.8. The van der Waals surface area contributed by atoms with Gasteiger partial charge in [0, 0.05) is 10.5 Å². The molecule has 0 aliphatic carbocycles. The van der Waals surface area contributed by atoms with Crippen LogP contribution in [-0.4, -0.2) is 6.54 Å². The van der Waals surface area contributed by atoms with Crippen LogP contribution in [0.4, 0.5) is 0 Å². The molecule has 1 atom stereocenters. The average molecular weight is 298 g/mol. The molecule has 1 nitrogen and oxygen atoms in total. The van der Waals surface area contributed by atoms with E-state index < -0.39 is 0 Å². The molecule has 96 valence electrons. The summed E-state index contributed by atoms with van der Waals surface area (Å²) in [6.45, 7) is 9.83. The minimum Gasteiger partial charge on any atom is -0.310 e. The minimum atomic E-state index is 0.506. The van der Waals surface area contributed by atoms with Crippen LogP contribution in [0, 0.1) is 13.8 Å². The van der Waals surface area contributed by atoms with E-state index in [0.29, 0.717) is 6.04 Å². The zero-order chi connectivity index (χ0) is 12.8. The van der Waals surface area contributed by atoms with Crippen molar-refractivity contribution in [3.8, 4) is 0 Å². The van der Waals surface area contributed by atoms with Gasteiger partial charge in [-0.15, -0.1) is 0 Å². The molecule has 1 N–H and O–H groups in total. The topological polar surface area (TPSA) is 12.0 Å². The molecule has 17 heavy (non-hydrogen) atoms. The summed E-state index contributed by atoms with van der Waals surface area (Å²) < 4.78 is 1.21. The Bertz CT molecular complexity index is 360. The van der Waals surface area contributed by atoms with E-state index in [1.165, 1.54) is 40.4 Å². The van der Waals surface area contributed by atoms with Gasteiger partial charge in [-0.25, -0.2) is 0 Å². The largest absolute Gasteiger partial charge is 0.310 e. The van der Waals surface area contributed by atoms with Gasteiger partial charge in [-0.1, -0.05) is 48.7 Å². The van der Waals surface area contributed by atoms with Crippen molar-refractivity contribution in [2.24, 2.45) is 0 Å². The summed E-state index contributed by atoms with van der Waals surface area (Å²) in [7, 11) is 0. The average Bonchev–Trinajstić information content (AvgIpc) is 2.29. The van der Waals surface area contributed by atoms with Crippen LogP contribution in [0.2, 0.25) is 0 Å². The molecule has 0 fully saturated rings. The Labute approximate surface area is 114 Å². The maximum Gasteiger partial charge on any atom is 0.0322 e.